The Hall–Kier alpha value is -0.670. The molecule has 0 amide bonds. The molecule has 1 aliphatic rings. The van der Waals surface area contributed by atoms with Crippen LogP contribution < -0.4 is 5.73 Å². The van der Waals surface area contributed by atoms with Crippen molar-refractivity contribution in [3.05, 3.63) is 12.2 Å². The van der Waals surface area contributed by atoms with Gasteiger partial charge in [0, 0.05) is 0 Å². The Kier molecular flexibility index (Phi) is 2.11. The van der Waals surface area contributed by atoms with Crippen molar-refractivity contribution in [3.8, 4) is 0 Å². The van der Waals surface area contributed by atoms with Gasteiger partial charge in [-0.2, -0.15) is 0 Å². The Bertz CT molecular complexity index is 196. The lowest BCUT2D eigenvalue weighted by atomic mass is 10.1. The number of nitrogens with two attached hydrogens (primary N) is 1. The predicted octanol–water partition coefficient (Wildman–Crippen LogP) is 0.453. The third-order valence-electron chi connectivity index (χ3n) is 1.71. The number of carbonyl (C=O) groups is 1. The van der Waals surface area contributed by atoms with Crippen molar-refractivity contribution < 1.29 is 9.53 Å². The van der Waals surface area contributed by atoms with E-state index < -0.39 is 5.72 Å². The molecule has 0 aliphatic carbocycles. The molecule has 0 bridgehead atoms. The molecule has 0 fully saturated rings. The Balaban J connectivity index is 2.78. The molecule has 0 radical (unpaired) electrons. The molecule has 0 saturated heterocycles. The Morgan fingerprint density at radius 2 is 2.45 bits per heavy atom. The molecule has 0 saturated carbocycles. The number of ether oxygens (including phenoxy) is 1. The second-order valence-electron chi connectivity index (χ2n) is 3.12. The summed E-state index contributed by atoms with van der Waals surface area (Å²) in [5, 5.41) is 0. The van der Waals surface area contributed by atoms with E-state index in [9.17, 15) is 4.79 Å². The average Bonchev–Trinajstić information content (AvgIpc) is 2.03. The zero-order chi connectivity index (χ0) is 8.48. The summed E-state index contributed by atoms with van der Waals surface area (Å²) in [7, 11) is 0. The van der Waals surface area contributed by atoms with E-state index in [1.165, 1.54) is 6.08 Å². The van der Waals surface area contributed by atoms with Crippen LogP contribution in [0.5, 0.6) is 0 Å². The molecule has 0 aromatic carbocycles. The summed E-state index contributed by atoms with van der Waals surface area (Å²) in [6.07, 6.45) is 3.32. The number of hydrogen-bond donors (Lipinski definition) is 1. The van der Waals surface area contributed by atoms with Crippen LogP contribution >= 0.6 is 0 Å². The van der Waals surface area contributed by atoms with Gasteiger partial charge in [-0.15, -0.1) is 0 Å². The fourth-order valence-corrected chi connectivity index (χ4v) is 0.848. The van der Waals surface area contributed by atoms with Crippen LogP contribution in [0.3, 0.4) is 0 Å². The first kappa shape index (κ1) is 8.43. The second-order valence-corrected chi connectivity index (χ2v) is 3.12. The fourth-order valence-electron chi connectivity index (χ4n) is 0.848. The van der Waals surface area contributed by atoms with Crippen LogP contribution in [0.2, 0.25) is 0 Å². The van der Waals surface area contributed by atoms with Crippen molar-refractivity contribution in [2.45, 2.75) is 19.6 Å². The SMILES string of the molecule is CC1C=CC(=O)C(C)(N)OC1. The van der Waals surface area contributed by atoms with Gasteiger partial charge in [-0.1, -0.05) is 13.0 Å². The van der Waals surface area contributed by atoms with Crippen LogP contribution in [0.15, 0.2) is 12.2 Å². The minimum atomic E-state index is -1.12. The first-order valence-electron chi connectivity index (χ1n) is 3.68. The van der Waals surface area contributed by atoms with Crippen LogP contribution in [-0.4, -0.2) is 18.1 Å². The summed E-state index contributed by atoms with van der Waals surface area (Å²) in [5.41, 5.74) is 4.44. The van der Waals surface area contributed by atoms with E-state index in [4.69, 9.17) is 10.5 Å². The Morgan fingerprint density at radius 1 is 1.82 bits per heavy atom. The maximum Gasteiger partial charge on any atom is 0.201 e. The number of carbonyl (C=O) groups excluding carboxylic acids is 1. The molecular weight excluding hydrogens is 142 g/mol. The summed E-state index contributed by atoms with van der Waals surface area (Å²) in [4.78, 5) is 11.1. The van der Waals surface area contributed by atoms with Crippen LogP contribution in [0.25, 0.3) is 0 Å². The molecule has 3 heteroatoms. The highest BCUT2D eigenvalue weighted by atomic mass is 16.5. The van der Waals surface area contributed by atoms with Gasteiger partial charge in [0.1, 0.15) is 0 Å². The largest absolute Gasteiger partial charge is 0.353 e. The molecule has 1 heterocycles. The summed E-state index contributed by atoms with van der Waals surface area (Å²) in [6, 6.07) is 0. The van der Waals surface area contributed by atoms with Crippen LogP contribution in [0.1, 0.15) is 13.8 Å². The highest BCUT2D eigenvalue weighted by Crippen LogP contribution is 2.13. The van der Waals surface area contributed by atoms with Gasteiger partial charge in [0.2, 0.25) is 5.78 Å². The second kappa shape index (κ2) is 2.75. The highest BCUT2D eigenvalue weighted by molar-refractivity contribution is 5.96. The van der Waals surface area contributed by atoms with Crippen molar-refractivity contribution in [1.29, 1.82) is 0 Å². The van der Waals surface area contributed by atoms with Gasteiger partial charge in [-0.05, 0) is 18.9 Å². The predicted molar refractivity (Wildman–Crippen MR) is 41.9 cm³/mol. The lowest BCUT2D eigenvalue weighted by Gasteiger charge is -2.20. The maximum atomic E-state index is 11.1. The quantitative estimate of drug-likeness (QED) is 0.552. The third-order valence-corrected chi connectivity index (χ3v) is 1.71. The molecule has 0 aromatic heterocycles. The molecule has 62 valence electrons. The van der Waals surface area contributed by atoms with Gasteiger partial charge < -0.3 is 4.74 Å². The maximum absolute atomic E-state index is 11.1. The third kappa shape index (κ3) is 1.88. The molecule has 0 spiro atoms. The molecule has 1 rings (SSSR count). The number of rotatable bonds is 0. The Morgan fingerprint density at radius 3 is 3.09 bits per heavy atom. The van der Waals surface area contributed by atoms with Crippen LogP contribution in [0, 0.1) is 5.92 Å². The molecule has 1 aliphatic heterocycles. The monoisotopic (exact) mass is 155 g/mol. The molecule has 2 N–H and O–H groups in total. The van der Waals surface area contributed by atoms with E-state index >= 15 is 0 Å². The summed E-state index contributed by atoms with van der Waals surface area (Å²) in [6.45, 7) is 4.07. The van der Waals surface area contributed by atoms with Crippen molar-refractivity contribution in [3.63, 3.8) is 0 Å². The van der Waals surface area contributed by atoms with Gasteiger partial charge >= 0.3 is 0 Å². The molecule has 2 atom stereocenters. The first-order chi connectivity index (χ1) is 5.02. The summed E-state index contributed by atoms with van der Waals surface area (Å²) < 4.78 is 5.18. The summed E-state index contributed by atoms with van der Waals surface area (Å²) >= 11 is 0. The Labute approximate surface area is 66.2 Å². The van der Waals surface area contributed by atoms with E-state index in [1.807, 2.05) is 13.0 Å². The normalized spacial score (nSPS) is 38.8. The van der Waals surface area contributed by atoms with Crippen LogP contribution in [-0.2, 0) is 9.53 Å². The van der Waals surface area contributed by atoms with Gasteiger partial charge in [0.25, 0.3) is 0 Å². The average molecular weight is 155 g/mol. The summed E-state index contributed by atoms with van der Waals surface area (Å²) in [5.74, 6) is 0.103. The van der Waals surface area contributed by atoms with Crippen LogP contribution in [0.4, 0.5) is 0 Å². The molecule has 2 unspecified atom stereocenters. The van der Waals surface area contributed by atoms with E-state index in [1.54, 1.807) is 6.92 Å². The lowest BCUT2D eigenvalue weighted by Crippen LogP contribution is -2.46. The van der Waals surface area contributed by atoms with Crippen molar-refractivity contribution >= 4 is 5.78 Å². The van der Waals surface area contributed by atoms with Crippen molar-refractivity contribution in [2.24, 2.45) is 11.7 Å². The molecule has 0 aromatic rings. The number of hydrogen-bond acceptors (Lipinski definition) is 3. The van der Waals surface area contributed by atoms with E-state index in [0.29, 0.717) is 6.61 Å². The topological polar surface area (TPSA) is 52.3 Å². The van der Waals surface area contributed by atoms with E-state index in [2.05, 4.69) is 0 Å². The first-order valence-corrected chi connectivity index (χ1v) is 3.68. The minimum Gasteiger partial charge on any atom is -0.353 e. The van der Waals surface area contributed by atoms with E-state index in [-0.39, 0.29) is 11.7 Å². The van der Waals surface area contributed by atoms with Gasteiger partial charge in [-0.3, -0.25) is 10.5 Å². The van der Waals surface area contributed by atoms with Gasteiger partial charge in [0.15, 0.2) is 5.72 Å². The smallest absolute Gasteiger partial charge is 0.201 e. The van der Waals surface area contributed by atoms with Gasteiger partial charge in [0.05, 0.1) is 6.61 Å². The van der Waals surface area contributed by atoms with Crippen molar-refractivity contribution in [2.75, 3.05) is 6.61 Å². The molecule has 11 heavy (non-hydrogen) atoms. The van der Waals surface area contributed by atoms with E-state index in [0.717, 1.165) is 0 Å². The number of ketones is 1. The molecule has 3 nitrogen and oxygen atoms in total. The van der Waals surface area contributed by atoms with Crippen molar-refractivity contribution in [1.82, 2.24) is 0 Å². The highest BCUT2D eigenvalue weighted by Gasteiger charge is 2.29. The zero-order valence-electron chi connectivity index (χ0n) is 6.83. The molecular formula is C8H13NO2. The fraction of sp³-hybridized carbons (Fsp3) is 0.625. The minimum absolute atomic E-state index is 0.165. The zero-order valence-corrected chi connectivity index (χ0v) is 6.83. The lowest BCUT2D eigenvalue weighted by molar-refractivity contribution is -0.136. The standard InChI is InChI=1S/C8H13NO2/c1-6-3-4-7(10)8(2,9)11-5-6/h3-4,6H,5,9H2,1-2H3. The van der Waals surface area contributed by atoms with Gasteiger partial charge in [-0.25, -0.2) is 0 Å².